The number of carbonyl (C=O) groups excluding carboxylic acids is 1. The average Bonchev–Trinajstić information content (AvgIpc) is 3.36. The Morgan fingerprint density at radius 2 is 1.67 bits per heavy atom. The standard InChI is InChI=1S/C22H21ClN2O2/c23-18-7-5-17(6-8-18)20-11-12-21(27-20)22(26)24-19-9-3-16(4-10-19)15-25-13-1-2-14-25/h3-12H,1-2,13-15H2,(H,24,26). The number of nitrogens with zero attached hydrogens (tertiary/aromatic N) is 1. The quantitative estimate of drug-likeness (QED) is 0.640. The maximum atomic E-state index is 12.4. The number of anilines is 1. The Morgan fingerprint density at radius 1 is 0.963 bits per heavy atom. The molecular formula is C22H21ClN2O2. The minimum atomic E-state index is -0.262. The van der Waals surface area contributed by atoms with Crippen molar-refractivity contribution in [2.75, 3.05) is 18.4 Å². The lowest BCUT2D eigenvalue weighted by atomic mass is 10.2. The minimum absolute atomic E-state index is 0.262. The Morgan fingerprint density at radius 3 is 2.37 bits per heavy atom. The summed E-state index contributed by atoms with van der Waals surface area (Å²) in [6, 6.07) is 18.8. The van der Waals surface area contributed by atoms with Crippen molar-refractivity contribution in [2.45, 2.75) is 19.4 Å². The Labute approximate surface area is 163 Å². The molecule has 4 nitrogen and oxygen atoms in total. The molecule has 138 valence electrons. The highest BCUT2D eigenvalue weighted by Gasteiger charge is 2.14. The fraction of sp³-hybridized carbons (Fsp3) is 0.227. The number of nitrogens with one attached hydrogen (secondary N) is 1. The van der Waals surface area contributed by atoms with Crippen molar-refractivity contribution >= 4 is 23.2 Å². The van der Waals surface area contributed by atoms with Gasteiger partial charge in [-0.25, -0.2) is 0 Å². The molecule has 1 aromatic heterocycles. The van der Waals surface area contributed by atoms with Crippen molar-refractivity contribution in [3.8, 4) is 11.3 Å². The molecular weight excluding hydrogens is 360 g/mol. The smallest absolute Gasteiger partial charge is 0.291 e. The van der Waals surface area contributed by atoms with Crippen LogP contribution >= 0.6 is 11.6 Å². The zero-order valence-corrected chi connectivity index (χ0v) is 15.7. The van der Waals surface area contributed by atoms with Crippen LogP contribution in [0.3, 0.4) is 0 Å². The van der Waals surface area contributed by atoms with Gasteiger partial charge < -0.3 is 9.73 Å². The Hall–Kier alpha value is -2.56. The predicted octanol–water partition coefficient (Wildman–Crippen LogP) is 5.45. The molecule has 4 rings (SSSR count). The Bertz CT molecular complexity index is 910. The van der Waals surface area contributed by atoms with Gasteiger partial charge in [-0.15, -0.1) is 0 Å². The van der Waals surface area contributed by atoms with E-state index in [1.165, 1.54) is 31.5 Å². The molecule has 0 bridgehead atoms. The van der Waals surface area contributed by atoms with Gasteiger partial charge >= 0.3 is 0 Å². The van der Waals surface area contributed by atoms with Gasteiger partial charge in [0.05, 0.1) is 0 Å². The van der Waals surface area contributed by atoms with Gasteiger partial charge in [-0.1, -0.05) is 23.7 Å². The van der Waals surface area contributed by atoms with E-state index in [0.717, 1.165) is 17.8 Å². The third kappa shape index (κ3) is 4.41. The third-order valence-electron chi connectivity index (χ3n) is 4.78. The topological polar surface area (TPSA) is 45.5 Å². The minimum Gasteiger partial charge on any atom is -0.451 e. The second-order valence-electron chi connectivity index (χ2n) is 6.81. The van der Waals surface area contributed by atoms with Crippen LogP contribution in [0, 0.1) is 0 Å². The molecule has 0 saturated carbocycles. The van der Waals surface area contributed by atoms with E-state index in [0.29, 0.717) is 10.8 Å². The summed E-state index contributed by atoms with van der Waals surface area (Å²) in [6.07, 6.45) is 2.57. The van der Waals surface area contributed by atoms with Crippen LogP contribution in [0.2, 0.25) is 5.02 Å². The molecule has 1 amide bonds. The Kier molecular flexibility index (Phi) is 5.28. The van der Waals surface area contributed by atoms with Crippen molar-refractivity contribution in [3.05, 3.63) is 77.0 Å². The number of hydrogen-bond acceptors (Lipinski definition) is 3. The van der Waals surface area contributed by atoms with Crippen LogP contribution in [0.25, 0.3) is 11.3 Å². The predicted molar refractivity (Wildman–Crippen MR) is 108 cm³/mol. The Balaban J connectivity index is 1.39. The molecule has 2 heterocycles. The maximum Gasteiger partial charge on any atom is 0.291 e. The molecule has 0 atom stereocenters. The van der Waals surface area contributed by atoms with Gasteiger partial charge in [0.1, 0.15) is 5.76 Å². The van der Waals surface area contributed by atoms with Crippen LogP contribution in [0.15, 0.2) is 65.1 Å². The fourth-order valence-corrected chi connectivity index (χ4v) is 3.44. The van der Waals surface area contributed by atoms with Gasteiger partial charge in [0.2, 0.25) is 0 Å². The van der Waals surface area contributed by atoms with Gasteiger partial charge in [-0.3, -0.25) is 9.69 Å². The normalized spacial score (nSPS) is 14.4. The molecule has 0 aliphatic carbocycles. The number of rotatable bonds is 5. The van der Waals surface area contributed by atoms with Crippen LogP contribution < -0.4 is 5.32 Å². The van der Waals surface area contributed by atoms with Crippen LogP contribution in [0.5, 0.6) is 0 Å². The molecule has 5 heteroatoms. The summed E-state index contributed by atoms with van der Waals surface area (Å²) >= 11 is 5.91. The summed E-state index contributed by atoms with van der Waals surface area (Å²) in [6.45, 7) is 3.32. The lowest BCUT2D eigenvalue weighted by Crippen LogP contribution is -2.18. The molecule has 1 aliphatic rings. The van der Waals surface area contributed by atoms with Gasteiger partial charge in [0.25, 0.3) is 5.91 Å². The molecule has 0 spiro atoms. The van der Waals surface area contributed by atoms with Crippen LogP contribution in [-0.2, 0) is 6.54 Å². The first kappa shape index (κ1) is 17.8. The number of likely N-dealkylation sites (tertiary alicyclic amines) is 1. The number of halogens is 1. The summed E-state index contributed by atoms with van der Waals surface area (Å²) in [7, 11) is 0. The second kappa shape index (κ2) is 7.99. The van der Waals surface area contributed by atoms with E-state index in [1.807, 2.05) is 24.3 Å². The van der Waals surface area contributed by atoms with E-state index in [1.54, 1.807) is 24.3 Å². The average molecular weight is 381 g/mol. The summed E-state index contributed by atoms with van der Waals surface area (Å²) < 4.78 is 5.69. The molecule has 2 aromatic carbocycles. The molecule has 27 heavy (non-hydrogen) atoms. The van der Waals surface area contributed by atoms with E-state index in [-0.39, 0.29) is 11.7 Å². The van der Waals surface area contributed by atoms with E-state index < -0.39 is 0 Å². The first-order chi connectivity index (χ1) is 13.2. The highest BCUT2D eigenvalue weighted by molar-refractivity contribution is 6.30. The van der Waals surface area contributed by atoms with Gasteiger partial charge in [0, 0.05) is 22.8 Å². The highest BCUT2D eigenvalue weighted by Crippen LogP contribution is 2.24. The van der Waals surface area contributed by atoms with E-state index in [9.17, 15) is 4.79 Å². The van der Waals surface area contributed by atoms with E-state index >= 15 is 0 Å². The maximum absolute atomic E-state index is 12.4. The van der Waals surface area contributed by atoms with E-state index in [2.05, 4.69) is 22.3 Å². The second-order valence-corrected chi connectivity index (χ2v) is 7.24. The molecule has 3 aromatic rings. The van der Waals surface area contributed by atoms with Gasteiger partial charge in [-0.05, 0) is 80.0 Å². The number of carbonyl (C=O) groups is 1. The molecule has 0 radical (unpaired) electrons. The summed E-state index contributed by atoms with van der Waals surface area (Å²) in [4.78, 5) is 14.9. The number of furan rings is 1. The monoisotopic (exact) mass is 380 g/mol. The van der Waals surface area contributed by atoms with Crippen LogP contribution in [0.1, 0.15) is 29.0 Å². The lowest BCUT2D eigenvalue weighted by Gasteiger charge is -2.14. The van der Waals surface area contributed by atoms with Crippen molar-refractivity contribution in [1.82, 2.24) is 4.90 Å². The summed E-state index contributed by atoms with van der Waals surface area (Å²) in [5, 5.41) is 3.55. The van der Waals surface area contributed by atoms with Gasteiger partial charge in [0.15, 0.2) is 5.76 Å². The van der Waals surface area contributed by atoms with Crippen molar-refractivity contribution in [3.63, 3.8) is 0 Å². The number of amides is 1. The zero-order valence-electron chi connectivity index (χ0n) is 15.0. The van der Waals surface area contributed by atoms with Crippen molar-refractivity contribution in [2.24, 2.45) is 0 Å². The van der Waals surface area contributed by atoms with E-state index in [4.69, 9.17) is 16.0 Å². The van der Waals surface area contributed by atoms with Crippen LogP contribution in [0.4, 0.5) is 5.69 Å². The number of benzene rings is 2. The molecule has 1 N–H and O–H groups in total. The summed E-state index contributed by atoms with van der Waals surface area (Å²) in [5.41, 5.74) is 2.90. The molecule has 1 aliphatic heterocycles. The largest absolute Gasteiger partial charge is 0.451 e. The van der Waals surface area contributed by atoms with Crippen LogP contribution in [-0.4, -0.2) is 23.9 Å². The van der Waals surface area contributed by atoms with Crippen molar-refractivity contribution in [1.29, 1.82) is 0 Å². The van der Waals surface area contributed by atoms with Crippen molar-refractivity contribution < 1.29 is 9.21 Å². The molecule has 1 fully saturated rings. The molecule has 1 saturated heterocycles. The number of hydrogen-bond donors (Lipinski definition) is 1. The first-order valence-corrected chi connectivity index (χ1v) is 9.53. The zero-order chi connectivity index (χ0) is 18.6. The summed E-state index contributed by atoms with van der Waals surface area (Å²) in [5.74, 6) is 0.654. The third-order valence-corrected chi connectivity index (χ3v) is 5.03. The first-order valence-electron chi connectivity index (χ1n) is 9.16. The lowest BCUT2D eigenvalue weighted by molar-refractivity contribution is 0.0997. The highest BCUT2D eigenvalue weighted by atomic mass is 35.5. The van der Waals surface area contributed by atoms with Gasteiger partial charge in [-0.2, -0.15) is 0 Å². The molecule has 0 unspecified atom stereocenters. The fourth-order valence-electron chi connectivity index (χ4n) is 3.31. The SMILES string of the molecule is O=C(Nc1ccc(CN2CCCC2)cc1)c1ccc(-c2ccc(Cl)cc2)o1.